The van der Waals surface area contributed by atoms with Gasteiger partial charge in [0.1, 0.15) is 30.3 Å². The Hall–Kier alpha value is -3.98. The number of carbonyl (C=O) groups is 2. The van der Waals surface area contributed by atoms with Gasteiger partial charge >= 0.3 is 12.4 Å². The van der Waals surface area contributed by atoms with Crippen molar-refractivity contribution in [2.24, 2.45) is 0 Å². The number of hydrogen-bond acceptors (Lipinski definition) is 5. The molecule has 2 atom stereocenters. The van der Waals surface area contributed by atoms with Crippen molar-refractivity contribution in [1.29, 1.82) is 0 Å². The molecule has 3 heterocycles. The maximum Gasteiger partial charge on any atom is 0.418 e. The first-order valence-corrected chi connectivity index (χ1v) is 10.9. The van der Waals surface area contributed by atoms with Gasteiger partial charge in [0.15, 0.2) is 5.82 Å². The first-order valence-electron chi connectivity index (χ1n) is 10.9. The van der Waals surface area contributed by atoms with Gasteiger partial charge in [0, 0.05) is 17.7 Å². The Morgan fingerprint density at radius 3 is 2.45 bits per heavy atom. The van der Waals surface area contributed by atoms with Crippen molar-refractivity contribution in [2.45, 2.75) is 37.9 Å². The van der Waals surface area contributed by atoms with E-state index in [1.54, 1.807) is 0 Å². The molecule has 1 fully saturated rings. The van der Waals surface area contributed by atoms with Crippen LogP contribution in [0.25, 0.3) is 16.8 Å². The molecule has 2 amide bonds. The fraction of sp³-hybridized carbons (Fsp3) is 0.364. The van der Waals surface area contributed by atoms with E-state index >= 15 is 0 Å². The average Bonchev–Trinajstić information content (AvgIpc) is 3.36. The topological polar surface area (TPSA) is 106 Å². The SMILES string of the molecule is Cc1c(F)cc(-c2cc(C(F)(F)F)c3c(N)ncnn23)cc1C(=O)N[C@@H]1CN(C(=O)CC(F)(F)F)C[C@@H]1F. The molecule has 3 aromatic rings. The highest BCUT2D eigenvalue weighted by Gasteiger charge is 2.41. The number of alkyl halides is 7. The molecule has 1 aliphatic rings. The van der Waals surface area contributed by atoms with E-state index in [0.29, 0.717) is 11.0 Å². The first-order chi connectivity index (χ1) is 17.6. The van der Waals surface area contributed by atoms with E-state index in [1.165, 1.54) is 6.92 Å². The molecule has 4 rings (SSSR count). The highest BCUT2D eigenvalue weighted by atomic mass is 19.4. The molecule has 0 spiro atoms. The number of halogens is 8. The molecule has 2 aromatic heterocycles. The number of nitrogens with two attached hydrogens (primary N) is 1. The van der Waals surface area contributed by atoms with Gasteiger partial charge in [-0.15, -0.1) is 0 Å². The van der Waals surface area contributed by atoms with E-state index in [4.69, 9.17) is 5.73 Å². The highest BCUT2D eigenvalue weighted by molar-refractivity contribution is 5.97. The highest BCUT2D eigenvalue weighted by Crippen LogP contribution is 2.39. The summed E-state index contributed by atoms with van der Waals surface area (Å²) in [5, 5.41) is 5.98. The summed E-state index contributed by atoms with van der Waals surface area (Å²) >= 11 is 0. The van der Waals surface area contributed by atoms with Gasteiger partial charge in [0.25, 0.3) is 5.91 Å². The van der Waals surface area contributed by atoms with Crippen molar-refractivity contribution in [1.82, 2.24) is 24.8 Å². The monoisotopic (exact) mass is 550 g/mol. The number of rotatable bonds is 4. The third-order valence-corrected chi connectivity index (χ3v) is 6.04. The molecular formula is C22H18F8N6O2. The smallest absolute Gasteiger partial charge is 0.382 e. The number of nitrogens with one attached hydrogen (secondary N) is 1. The van der Waals surface area contributed by atoms with E-state index in [0.717, 1.165) is 23.0 Å². The van der Waals surface area contributed by atoms with Crippen molar-refractivity contribution >= 4 is 23.1 Å². The summed E-state index contributed by atoms with van der Waals surface area (Å²) in [7, 11) is 0. The Morgan fingerprint density at radius 2 is 1.82 bits per heavy atom. The zero-order chi connectivity index (χ0) is 28.2. The molecule has 0 radical (unpaired) electrons. The number of nitrogens with zero attached hydrogens (tertiary/aromatic N) is 4. The lowest BCUT2D eigenvalue weighted by molar-refractivity contribution is -0.160. The lowest BCUT2D eigenvalue weighted by Crippen LogP contribution is -2.42. The average molecular weight is 550 g/mol. The number of aromatic nitrogens is 3. The lowest BCUT2D eigenvalue weighted by Gasteiger charge is -2.18. The molecule has 8 nitrogen and oxygen atoms in total. The van der Waals surface area contributed by atoms with E-state index in [9.17, 15) is 44.7 Å². The normalized spacial score (nSPS) is 18.3. The third kappa shape index (κ3) is 5.19. The molecule has 16 heteroatoms. The molecule has 204 valence electrons. The molecule has 0 aliphatic carbocycles. The van der Waals surface area contributed by atoms with Gasteiger partial charge in [-0.3, -0.25) is 9.59 Å². The summed E-state index contributed by atoms with van der Waals surface area (Å²) in [4.78, 5) is 28.9. The zero-order valence-electron chi connectivity index (χ0n) is 19.3. The van der Waals surface area contributed by atoms with E-state index in [2.05, 4.69) is 15.4 Å². The van der Waals surface area contributed by atoms with Crippen molar-refractivity contribution in [3.63, 3.8) is 0 Å². The van der Waals surface area contributed by atoms with E-state index in [1.807, 2.05) is 0 Å². The summed E-state index contributed by atoms with van der Waals surface area (Å²) < 4.78 is 108. The van der Waals surface area contributed by atoms with Crippen LogP contribution in [0.5, 0.6) is 0 Å². The number of hydrogen-bond donors (Lipinski definition) is 2. The minimum absolute atomic E-state index is 0.202. The number of likely N-dealkylation sites (tertiary alicyclic amines) is 1. The second-order valence-electron chi connectivity index (χ2n) is 8.66. The van der Waals surface area contributed by atoms with Gasteiger partial charge < -0.3 is 16.0 Å². The van der Waals surface area contributed by atoms with Gasteiger partial charge in [-0.2, -0.15) is 31.4 Å². The lowest BCUT2D eigenvalue weighted by atomic mass is 10.0. The van der Waals surface area contributed by atoms with Crippen molar-refractivity contribution in [3.8, 4) is 11.3 Å². The van der Waals surface area contributed by atoms with Gasteiger partial charge in [0.05, 0.1) is 23.8 Å². The molecule has 3 N–H and O–H groups in total. The van der Waals surface area contributed by atoms with Crippen molar-refractivity contribution in [2.75, 3.05) is 18.8 Å². The molecule has 0 saturated carbocycles. The van der Waals surface area contributed by atoms with Crippen LogP contribution in [-0.4, -0.2) is 62.8 Å². The van der Waals surface area contributed by atoms with Crippen molar-refractivity contribution < 1.29 is 44.7 Å². The molecule has 1 aromatic carbocycles. The van der Waals surface area contributed by atoms with E-state index < -0.39 is 78.6 Å². The minimum atomic E-state index is -4.88. The molecule has 1 saturated heterocycles. The number of amides is 2. The van der Waals surface area contributed by atoms with Crippen LogP contribution in [0.4, 0.5) is 40.9 Å². The van der Waals surface area contributed by atoms with E-state index in [-0.39, 0.29) is 22.4 Å². The van der Waals surface area contributed by atoms with Crippen LogP contribution >= 0.6 is 0 Å². The standard InChI is InChI=1S/C22H18F8N6O2/c1-9-11(20(38)34-15-7-35(6-14(15)24)17(37)5-21(25,26)27)2-10(3-13(9)23)16-4-12(22(28,29)30)18-19(31)32-8-33-36(16)18/h2-4,8,14-15H,5-7H2,1H3,(H,34,38)(H2,31,32,33)/t14-,15+/m0/s1. The van der Waals surface area contributed by atoms with Crippen LogP contribution in [0.15, 0.2) is 24.5 Å². The second-order valence-corrected chi connectivity index (χ2v) is 8.66. The van der Waals surface area contributed by atoms with Gasteiger partial charge in [0.2, 0.25) is 5.91 Å². The van der Waals surface area contributed by atoms with Gasteiger partial charge in [-0.05, 0) is 30.7 Å². The summed E-state index contributed by atoms with van der Waals surface area (Å²) in [6.07, 6.45) is -12.5. The summed E-state index contributed by atoms with van der Waals surface area (Å²) in [6, 6.07) is 1.19. The number of fused-ring (bicyclic) bond motifs is 1. The van der Waals surface area contributed by atoms with Gasteiger partial charge in [-0.1, -0.05) is 0 Å². The maximum absolute atomic E-state index is 14.8. The Labute approximate surface area is 208 Å². The predicted molar refractivity (Wildman–Crippen MR) is 116 cm³/mol. The minimum Gasteiger partial charge on any atom is -0.382 e. The number of nitrogen functional groups attached to an aromatic ring is 1. The Kier molecular flexibility index (Phi) is 6.69. The predicted octanol–water partition coefficient (Wildman–Crippen LogP) is 3.68. The number of carbonyl (C=O) groups excluding carboxylic acids is 2. The molecule has 0 unspecified atom stereocenters. The van der Waals surface area contributed by atoms with Crippen LogP contribution < -0.4 is 11.1 Å². The first kappa shape index (κ1) is 27.1. The molecule has 1 aliphatic heterocycles. The molecular weight excluding hydrogens is 532 g/mol. The fourth-order valence-corrected chi connectivity index (χ4v) is 4.19. The number of benzene rings is 1. The van der Waals surface area contributed by atoms with Crippen LogP contribution in [0.2, 0.25) is 0 Å². The Bertz CT molecular complexity index is 1420. The van der Waals surface area contributed by atoms with Crippen LogP contribution in [0, 0.1) is 12.7 Å². The summed E-state index contributed by atoms with van der Waals surface area (Å²) in [5.74, 6) is -3.90. The Balaban J connectivity index is 1.66. The maximum atomic E-state index is 14.8. The summed E-state index contributed by atoms with van der Waals surface area (Å²) in [6.45, 7) is -0.0471. The van der Waals surface area contributed by atoms with Gasteiger partial charge in [-0.25, -0.2) is 18.3 Å². The second kappa shape index (κ2) is 9.40. The van der Waals surface area contributed by atoms with Crippen LogP contribution in [0.1, 0.15) is 27.9 Å². The molecule has 0 bridgehead atoms. The Morgan fingerprint density at radius 1 is 1.13 bits per heavy atom. The quantitative estimate of drug-likeness (QED) is 0.483. The van der Waals surface area contributed by atoms with Crippen molar-refractivity contribution in [3.05, 3.63) is 47.0 Å². The van der Waals surface area contributed by atoms with Crippen LogP contribution in [-0.2, 0) is 11.0 Å². The summed E-state index contributed by atoms with van der Waals surface area (Å²) in [5.41, 5.74) is 2.74. The zero-order valence-corrected chi connectivity index (χ0v) is 19.3. The van der Waals surface area contributed by atoms with Crippen LogP contribution in [0.3, 0.4) is 0 Å². The number of anilines is 1. The molecule has 38 heavy (non-hydrogen) atoms. The largest absolute Gasteiger partial charge is 0.418 e. The fourth-order valence-electron chi connectivity index (χ4n) is 4.19. The third-order valence-electron chi connectivity index (χ3n) is 6.04.